The number of hydrogen-bond acceptors (Lipinski definition) is 4. The average Bonchev–Trinajstić information content (AvgIpc) is 2.46. The summed E-state index contributed by atoms with van der Waals surface area (Å²) in [5.41, 5.74) is 0.443. The van der Waals surface area contributed by atoms with E-state index in [2.05, 4.69) is 4.72 Å². The fourth-order valence-corrected chi connectivity index (χ4v) is 3.58. The summed E-state index contributed by atoms with van der Waals surface area (Å²) in [6.07, 6.45) is 0. The van der Waals surface area contributed by atoms with E-state index in [1.807, 2.05) is 0 Å². The molecular weight excluding hydrogens is 345 g/mol. The lowest BCUT2D eigenvalue weighted by Crippen LogP contribution is -2.15. The monoisotopic (exact) mass is 359 g/mol. The van der Waals surface area contributed by atoms with Crippen LogP contribution in [0.1, 0.15) is 5.56 Å². The van der Waals surface area contributed by atoms with E-state index in [-0.39, 0.29) is 26.9 Å². The van der Waals surface area contributed by atoms with Crippen molar-refractivity contribution in [3.63, 3.8) is 0 Å². The van der Waals surface area contributed by atoms with Crippen molar-refractivity contribution in [3.8, 4) is 11.5 Å². The molecule has 124 valence electrons. The van der Waals surface area contributed by atoms with Crippen LogP contribution in [0.4, 0.5) is 10.1 Å². The summed E-state index contributed by atoms with van der Waals surface area (Å²) in [7, 11) is -1.10. The second-order valence-corrected chi connectivity index (χ2v) is 6.76. The third kappa shape index (κ3) is 3.68. The second kappa shape index (κ2) is 6.64. The summed E-state index contributed by atoms with van der Waals surface area (Å²) in [4.78, 5) is -0.0344. The highest BCUT2D eigenvalue weighted by atomic mass is 35.5. The number of rotatable bonds is 5. The van der Waals surface area contributed by atoms with Crippen LogP contribution >= 0.6 is 11.6 Å². The first-order valence-electron chi connectivity index (χ1n) is 6.49. The van der Waals surface area contributed by atoms with Crippen LogP contribution in [0.15, 0.2) is 35.2 Å². The van der Waals surface area contributed by atoms with E-state index in [1.54, 1.807) is 0 Å². The summed E-state index contributed by atoms with van der Waals surface area (Å²) in [5.74, 6) is 0.0885. The molecule has 0 saturated heterocycles. The van der Waals surface area contributed by atoms with Crippen LogP contribution in [0.5, 0.6) is 11.5 Å². The molecule has 0 unspecified atom stereocenters. The van der Waals surface area contributed by atoms with Gasteiger partial charge in [-0.25, -0.2) is 12.8 Å². The van der Waals surface area contributed by atoms with Gasteiger partial charge in [0.05, 0.1) is 29.8 Å². The van der Waals surface area contributed by atoms with Crippen molar-refractivity contribution in [1.82, 2.24) is 0 Å². The molecule has 1 N–H and O–H groups in total. The molecule has 0 aromatic heterocycles. The highest BCUT2D eigenvalue weighted by Crippen LogP contribution is 2.37. The molecule has 2 rings (SSSR count). The number of nitrogens with one attached hydrogen (secondary N) is 1. The van der Waals surface area contributed by atoms with Gasteiger partial charge in [-0.05, 0) is 36.8 Å². The minimum Gasteiger partial charge on any atom is -0.495 e. The Balaban J connectivity index is 2.46. The Morgan fingerprint density at radius 1 is 1.09 bits per heavy atom. The fourth-order valence-electron chi connectivity index (χ4n) is 2.05. The molecule has 0 heterocycles. The van der Waals surface area contributed by atoms with Crippen molar-refractivity contribution >= 4 is 27.3 Å². The van der Waals surface area contributed by atoms with E-state index >= 15 is 0 Å². The van der Waals surface area contributed by atoms with Gasteiger partial charge >= 0.3 is 0 Å². The molecule has 0 bridgehead atoms. The van der Waals surface area contributed by atoms with Crippen molar-refractivity contribution < 1.29 is 22.3 Å². The number of sulfonamides is 1. The summed E-state index contributed by atoms with van der Waals surface area (Å²) in [6.45, 7) is 1.51. The van der Waals surface area contributed by atoms with Crippen LogP contribution in [0.25, 0.3) is 0 Å². The molecule has 0 aliphatic rings. The van der Waals surface area contributed by atoms with Crippen molar-refractivity contribution in [2.45, 2.75) is 11.8 Å². The normalized spacial score (nSPS) is 11.2. The Labute approximate surface area is 139 Å². The van der Waals surface area contributed by atoms with Crippen LogP contribution in [-0.4, -0.2) is 22.6 Å². The van der Waals surface area contributed by atoms with E-state index in [0.29, 0.717) is 5.75 Å². The van der Waals surface area contributed by atoms with Gasteiger partial charge in [0.2, 0.25) is 0 Å². The van der Waals surface area contributed by atoms with Gasteiger partial charge in [-0.15, -0.1) is 0 Å². The highest BCUT2D eigenvalue weighted by Gasteiger charge is 2.20. The molecule has 0 aliphatic heterocycles. The first-order chi connectivity index (χ1) is 10.8. The van der Waals surface area contributed by atoms with Crippen LogP contribution in [0.2, 0.25) is 5.02 Å². The van der Waals surface area contributed by atoms with E-state index in [1.165, 1.54) is 39.3 Å². The molecule has 0 atom stereocenters. The topological polar surface area (TPSA) is 64.6 Å². The van der Waals surface area contributed by atoms with Crippen molar-refractivity contribution in [2.75, 3.05) is 18.9 Å². The van der Waals surface area contributed by atoms with Crippen LogP contribution in [-0.2, 0) is 10.0 Å². The van der Waals surface area contributed by atoms with Crippen molar-refractivity contribution in [2.24, 2.45) is 0 Å². The number of halogens is 2. The number of anilines is 1. The lowest BCUT2D eigenvalue weighted by Gasteiger charge is -2.15. The number of hydrogen-bond donors (Lipinski definition) is 1. The fraction of sp³-hybridized carbons (Fsp3) is 0.200. The Morgan fingerprint density at radius 2 is 1.74 bits per heavy atom. The predicted octanol–water partition coefficient (Wildman–Crippen LogP) is 3.61. The molecule has 2 aromatic rings. The van der Waals surface area contributed by atoms with E-state index in [9.17, 15) is 12.8 Å². The Bertz CT molecular complexity index is 840. The molecule has 2 aromatic carbocycles. The maximum Gasteiger partial charge on any atom is 0.262 e. The van der Waals surface area contributed by atoms with Gasteiger partial charge in [-0.2, -0.15) is 0 Å². The summed E-state index contributed by atoms with van der Waals surface area (Å²) < 4.78 is 50.8. The summed E-state index contributed by atoms with van der Waals surface area (Å²) >= 11 is 6.02. The molecule has 0 fully saturated rings. The third-order valence-electron chi connectivity index (χ3n) is 3.14. The van der Waals surface area contributed by atoms with Crippen LogP contribution < -0.4 is 14.2 Å². The van der Waals surface area contributed by atoms with E-state index in [4.69, 9.17) is 21.1 Å². The molecule has 0 amide bonds. The Kier molecular flexibility index (Phi) is 5.01. The molecule has 0 spiro atoms. The molecular formula is C15H15ClFNO4S. The van der Waals surface area contributed by atoms with E-state index < -0.39 is 15.8 Å². The van der Waals surface area contributed by atoms with Gasteiger partial charge in [-0.1, -0.05) is 11.6 Å². The average molecular weight is 360 g/mol. The largest absolute Gasteiger partial charge is 0.495 e. The molecule has 5 nitrogen and oxygen atoms in total. The van der Waals surface area contributed by atoms with Gasteiger partial charge in [0.25, 0.3) is 10.0 Å². The van der Waals surface area contributed by atoms with Gasteiger partial charge in [0, 0.05) is 6.07 Å². The molecule has 8 heteroatoms. The molecule has 23 heavy (non-hydrogen) atoms. The van der Waals surface area contributed by atoms with Crippen molar-refractivity contribution in [3.05, 3.63) is 46.7 Å². The maximum absolute atomic E-state index is 13.2. The highest BCUT2D eigenvalue weighted by molar-refractivity contribution is 7.92. The quantitative estimate of drug-likeness (QED) is 0.885. The van der Waals surface area contributed by atoms with E-state index in [0.717, 1.165) is 12.1 Å². The maximum atomic E-state index is 13.2. The van der Waals surface area contributed by atoms with Gasteiger partial charge in [0.15, 0.2) is 0 Å². The van der Waals surface area contributed by atoms with Crippen LogP contribution in [0.3, 0.4) is 0 Å². The molecule has 0 radical (unpaired) electrons. The smallest absolute Gasteiger partial charge is 0.262 e. The van der Waals surface area contributed by atoms with Gasteiger partial charge in [-0.3, -0.25) is 4.72 Å². The molecule has 0 aliphatic carbocycles. The Hall–Kier alpha value is -1.99. The number of aryl methyl sites for hydroxylation is 1. The minimum absolute atomic E-state index is 0.0344. The summed E-state index contributed by atoms with van der Waals surface area (Å²) in [5, 5.41) is 0.224. The van der Waals surface area contributed by atoms with Crippen molar-refractivity contribution in [1.29, 1.82) is 0 Å². The lowest BCUT2D eigenvalue weighted by atomic mass is 10.2. The number of benzene rings is 2. The first-order valence-corrected chi connectivity index (χ1v) is 8.35. The zero-order valence-electron chi connectivity index (χ0n) is 12.7. The van der Waals surface area contributed by atoms with Gasteiger partial charge < -0.3 is 9.47 Å². The standard InChI is InChI=1S/C15H15ClFNO4S/c1-9-6-10(17)4-5-15(9)23(19,20)18-12-7-11(16)13(21-2)8-14(12)22-3/h4-8,18H,1-3H3. The SMILES string of the molecule is COc1cc(OC)c(NS(=O)(=O)c2ccc(F)cc2C)cc1Cl. The Morgan fingerprint density at radius 3 is 2.30 bits per heavy atom. The minimum atomic E-state index is -3.93. The van der Waals surface area contributed by atoms with Gasteiger partial charge in [0.1, 0.15) is 17.3 Å². The number of ether oxygens (including phenoxy) is 2. The number of methoxy groups -OCH3 is 2. The second-order valence-electron chi connectivity index (χ2n) is 4.70. The summed E-state index contributed by atoms with van der Waals surface area (Å²) in [6, 6.07) is 6.28. The zero-order valence-corrected chi connectivity index (χ0v) is 14.3. The third-order valence-corrected chi connectivity index (χ3v) is 4.97. The first kappa shape index (κ1) is 17.4. The molecule has 0 saturated carbocycles. The van der Waals surface area contributed by atoms with Crippen LogP contribution in [0, 0.1) is 12.7 Å². The predicted molar refractivity (Wildman–Crippen MR) is 86.5 cm³/mol. The zero-order chi connectivity index (χ0) is 17.2. The lowest BCUT2D eigenvalue weighted by molar-refractivity contribution is 0.396.